The predicted molar refractivity (Wildman–Crippen MR) is 73.6 cm³/mol. The molecule has 0 aliphatic rings. The summed E-state index contributed by atoms with van der Waals surface area (Å²) in [5.74, 6) is -1.88. The van der Waals surface area contributed by atoms with Crippen molar-refractivity contribution in [3.63, 3.8) is 0 Å². The summed E-state index contributed by atoms with van der Waals surface area (Å²) in [4.78, 5) is 0. The number of alkyl halides is 3. The maximum atomic E-state index is 13.4. The van der Waals surface area contributed by atoms with Gasteiger partial charge in [0.2, 0.25) is 0 Å². The number of hydrogen-bond donors (Lipinski definition) is 2. The lowest BCUT2D eigenvalue weighted by Gasteiger charge is -2.22. The smallest absolute Gasteiger partial charge is 0.399 e. The second-order valence-corrected chi connectivity index (χ2v) is 5.07. The zero-order valence-electron chi connectivity index (χ0n) is 11.6. The first-order valence-corrected chi connectivity index (χ1v) is 6.36. The molecule has 0 aliphatic heterocycles. The molecule has 0 amide bonds. The largest absolute Gasteiger partial charge is 0.508 e. The van der Waals surface area contributed by atoms with Gasteiger partial charge in [0, 0.05) is 0 Å². The molecule has 0 spiro atoms. The van der Waals surface area contributed by atoms with Gasteiger partial charge in [0.1, 0.15) is 17.4 Å². The Kier molecular flexibility index (Phi) is 3.85. The molecular weight excluding hydrogens is 281 g/mol. The van der Waals surface area contributed by atoms with E-state index in [9.17, 15) is 23.4 Å². The third kappa shape index (κ3) is 3.12. The van der Waals surface area contributed by atoms with Crippen molar-refractivity contribution in [3.8, 4) is 11.5 Å². The molecule has 0 aromatic heterocycles. The van der Waals surface area contributed by atoms with Crippen LogP contribution < -0.4 is 0 Å². The van der Waals surface area contributed by atoms with Gasteiger partial charge in [-0.3, -0.25) is 0 Å². The Labute approximate surface area is 120 Å². The van der Waals surface area contributed by atoms with Crippen molar-refractivity contribution in [1.29, 1.82) is 0 Å². The van der Waals surface area contributed by atoms with Crippen molar-refractivity contribution in [2.45, 2.75) is 25.9 Å². The zero-order chi connectivity index (χ0) is 15.8. The quantitative estimate of drug-likeness (QED) is 0.862. The van der Waals surface area contributed by atoms with E-state index in [1.165, 1.54) is 36.4 Å². The van der Waals surface area contributed by atoms with E-state index in [-0.39, 0.29) is 22.6 Å². The summed E-state index contributed by atoms with van der Waals surface area (Å²) in [5.41, 5.74) is 0.889. The van der Waals surface area contributed by atoms with Gasteiger partial charge in [-0.25, -0.2) is 0 Å². The SMILES string of the molecule is Cc1cc(C(c2ccc(O)c(C)c2)C(F)(F)F)ccc1O. The molecule has 2 aromatic rings. The van der Waals surface area contributed by atoms with Crippen LogP contribution in [0.25, 0.3) is 0 Å². The molecule has 5 heteroatoms. The molecule has 2 aromatic carbocycles. The number of aromatic hydroxyl groups is 2. The maximum absolute atomic E-state index is 13.4. The minimum atomic E-state index is -4.47. The fourth-order valence-electron chi connectivity index (χ4n) is 2.29. The molecule has 0 saturated heterocycles. The van der Waals surface area contributed by atoms with Gasteiger partial charge in [0.25, 0.3) is 0 Å². The number of phenolic OH excluding ortho intramolecular Hbond substituents is 2. The Balaban J connectivity index is 2.58. The standard InChI is InChI=1S/C16H15F3O2/c1-9-7-11(3-5-13(9)20)15(16(17,18)19)12-4-6-14(21)10(2)8-12/h3-8,15,20-21H,1-2H3. The first kappa shape index (κ1) is 15.2. The van der Waals surface area contributed by atoms with Crippen molar-refractivity contribution >= 4 is 0 Å². The van der Waals surface area contributed by atoms with Crippen molar-refractivity contribution in [1.82, 2.24) is 0 Å². The maximum Gasteiger partial charge on any atom is 0.399 e. The molecule has 0 radical (unpaired) electrons. The van der Waals surface area contributed by atoms with E-state index in [4.69, 9.17) is 0 Å². The summed E-state index contributed by atoms with van der Waals surface area (Å²) in [6.07, 6.45) is -4.47. The summed E-state index contributed by atoms with van der Waals surface area (Å²) in [6, 6.07) is 7.71. The van der Waals surface area contributed by atoms with E-state index in [0.717, 1.165) is 0 Å². The van der Waals surface area contributed by atoms with Crippen molar-refractivity contribution in [2.75, 3.05) is 0 Å². The van der Waals surface area contributed by atoms with Gasteiger partial charge in [0.05, 0.1) is 0 Å². The minimum Gasteiger partial charge on any atom is -0.508 e. The van der Waals surface area contributed by atoms with Crippen LogP contribution in [0.2, 0.25) is 0 Å². The Hall–Kier alpha value is -2.17. The Bertz CT molecular complexity index is 612. The van der Waals surface area contributed by atoms with E-state index in [1.54, 1.807) is 13.8 Å². The van der Waals surface area contributed by atoms with Crippen molar-refractivity contribution in [2.24, 2.45) is 0 Å². The highest BCUT2D eigenvalue weighted by Gasteiger charge is 2.42. The average molecular weight is 296 g/mol. The van der Waals surface area contributed by atoms with Gasteiger partial charge in [0.15, 0.2) is 0 Å². The first-order chi connectivity index (χ1) is 9.70. The Morgan fingerprint density at radius 2 is 1.19 bits per heavy atom. The topological polar surface area (TPSA) is 40.5 Å². The molecule has 2 rings (SSSR count). The van der Waals surface area contributed by atoms with E-state index < -0.39 is 12.1 Å². The van der Waals surface area contributed by atoms with E-state index in [0.29, 0.717) is 11.1 Å². The van der Waals surface area contributed by atoms with Crippen molar-refractivity contribution in [3.05, 3.63) is 58.7 Å². The van der Waals surface area contributed by atoms with Gasteiger partial charge in [-0.2, -0.15) is 13.2 Å². The van der Waals surface area contributed by atoms with Crippen molar-refractivity contribution < 1.29 is 23.4 Å². The molecule has 0 heterocycles. The molecule has 0 atom stereocenters. The van der Waals surface area contributed by atoms with Crippen LogP contribution in [-0.2, 0) is 0 Å². The van der Waals surface area contributed by atoms with Gasteiger partial charge < -0.3 is 10.2 Å². The average Bonchev–Trinajstić information content (AvgIpc) is 2.37. The zero-order valence-corrected chi connectivity index (χ0v) is 11.6. The monoisotopic (exact) mass is 296 g/mol. The summed E-state index contributed by atoms with van der Waals surface area (Å²) in [7, 11) is 0. The van der Waals surface area contributed by atoms with Crippen LogP contribution in [0.1, 0.15) is 28.2 Å². The molecular formula is C16H15F3O2. The second kappa shape index (κ2) is 5.31. The highest BCUT2D eigenvalue weighted by Crippen LogP contribution is 2.41. The highest BCUT2D eigenvalue weighted by atomic mass is 19.4. The summed E-state index contributed by atoms with van der Waals surface area (Å²) < 4.78 is 40.3. The fourth-order valence-corrected chi connectivity index (χ4v) is 2.29. The van der Waals surface area contributed by atoms with Gasteiger partial charge in [-0.1, -0.05) is 24.3 Å². The highest BCUT2D eigenvalue weighted by molar-refractivity contribution is 5.44. The predicted octanol–water partition coefficient (Wildman–Crippen LogP) is 4.41. The Morgan fingerprint density at radius 1 is 0.810 bits per heavy atom. The molecule has 0 unspecified atom stereocenters. The molecule has 2 nitrogen and oxygen atoms in total. The van der Waals surface area contributed by atoms with E-state index in [1.807, 2.05) is 0 Å². The van der Waals surface area contributed by atoms with Gasteiger partial charge >= 0.3 is 6.18 Å². The van der Waals surface area contributed by atoms with Crippen LogP contribution >= 0.6 is 0 Å². The molecule has 0 bridgehead atoms. The molecule has 21 heavy (non-hydrogen) atoms. The van der Waals surface area contributed by atoms with Gasteiger partial charge in [-0.15, -0.1) is 0 Å². The first-order valence-electron chi connectivity index (χ1n) is 6.36. The van der Waals surface area contributed by atoms with E-state index >= 15 is 0 Å². The normalized spacial score (nSPS) is 11.9. The lowest BCUT2D eigenvalue weighted by Crippen LogP contribution is -2.22. The van der Waals surface area contributed by atoms with Crippen LogP contribution in [-0.4, -0.2) is 16.4 Å². The van der Waals surface area contributed by atoms with Crippen LogP contribution in [0.4, 0.5) is 13.2 Å². The Morgan fingerprint density at radius 3 is 1.48 bits per heavy atom. The van der Waals surface area contributed by atoms with Crippen LogP contribution in [0, 0.1) is 13.8 Å². The third-order valence-corrected chi connectivity index (χ3v) is 3.44. The number of rotatable bonds is 2. The molecule has 2 N–H and O–H groups in total. The van der Waals surface area contributed by atoms with Crippen LogP contribution in [0.15, 0.2) is 36.4 Å². The lowest BCUT2D eigenvalue weighted by molar-refractivity contribution is -0.141. The molecule has 0 saturated carbocycles. The fraction of sp³-hybridized carbons (Fsp3) is 0.250. The number of halogens is 3. The number of benzene rings is 2. The summed E-state index contributed by atoms with van der Waals surface area (Å²) in [6.45, 7) is 3.10. The minimum absolute atomic E-state index is 0.0402. The second-order valence-electron chi connectivity index (χ2n) is 5.07. The number of aryl methyl sites for hydroxylation is 2. The summed E-state index contributed by atoms with van der Waals surface area (Å²) >= 11 is 0. The van der Waals surface area contributed by atoms with Gasteiger partial charge in [-0.05, 0) is 48.2 Å². The lowest BCUT2D eigenvalue weighted by atomic mass is 9.89. The van der Waals surface area contributed by atoms with E-state index in [2.05, 4.69) is 0 Å². The van der Waals surface area contributed by atoms with Crippen LogP contribution in [0.3, 0.4) is 0 Å². The number of hydrogen-bond acceptors (Lipinski definition) is 2. The molecule has 0 fully saturated rings. The number of phenols is 2. The molecule has 112 valence electrons. The molecule has 0 aliphatic carbocycles. The van der Waals surface area contributed by atoms with Crippen LogP contribution in [0.5, 0.6) is 11.5 Å². The third-order valence-electron chi connectivity index (χ3n) is 3.44. The summed E-state index contributed by atoms with van der Waals surface area (Å²) in [5, 5.41) is 18.9.